The number of rotatable bonds is 5. The van der Waals surface area contributed by atoms with Crippen molar-refractivity contribution in [1.82, 2.24) is 5.32 Å². The van der Waals surface area contributed by atoms with Gasteiger partial charge in [0, 0.05) is 17.1 Å². The van der Waals surface area contributed by atoms with Gasteiger partial charge in [0.2, 0.25) is 5.91 Å². The molecule has 0 radical (unpaired) electrons. The minimum Gasteiger partial charge on any atom is -0.444 e. The molecule has 0 bridgehead atoms. The Bertz CT molecular complexity index is 777. The van der Waals surface area contributed by atoms with Crippen molar-refractivity contribution in [1.29, 1.82) is 0 Å². The Balaban J connectivity index is 1.48. The molecule has 1 aromatic rings. The van der Waals surface area contributed by atoms with Gasteiger partial charge in [-0.05, 0) is 51.8 Å². The number of anilines is 2. The summed E-state index contributed by atoms with van der Waals surface area (Å²) in [6, 6.07) is 5.56. The lowest BCUT2D eigenvalue weighted by molar-refractivity contribution is -0.113. The molecular formula is C19H25N3O5S. The number of hydrogen-bond donors (Lipinski definition) is 2. The SMILES string of the molecule is CC(C)(C)OC(=O)NCCCC1CN(c2ccc3c(c2)NC(=O)CS3)C(=O)O1. The van der Waals surface area contributed by atoms with Crippen molar-refractivity contribution in [2.45, 2.75) is 50.2 Å². The highest BCUT2D eigenvalue weighted by atomic mass is 32.2. The van der Waals surface area contributed by atoms with Crippen molar-refractivity contribution in [3.8, 4) is 0 Å². The van der Waals surface area contributed by atoms with Crippen LogP contribution in [0.1, 0.15) is 33.6 Å². The molecule has 152 valence electrons. The molecule has 0 aromatic heterocycles. The highest BCUT2D eigenvalue weighted by Gasteiger charge is 2.32. The number of alkyl carbamates (subject to hydrolysis) is 1. The number of amides is 3. The van der Waals surface area contributed by atoms with Crippen LogP contribution in [0.2, 0.25) is 0 Å². The van der Waals surface area contributed by atoms with Gasteiger partial charge in [-0.1, -0.05) is 0 Å². The number of nitrogens with one attached hydrogen (secondary N) is 2. The molecule has 8 nitrogen and oxygen atoms in total. The van der Waals surface area contributed by atoms with E-state index in [2.05, 4.69) is 10.6 Å². The van der Waals surface area contributed by atoms with Gasteiger partial charge in [-0.3, -0.25) is 9.69 Å². The van der Waals surface area contributed by atoms with Crippen LogP contribution >= 0.6 is 11.8 Å². The summed E-state index contributed by atoms with van der Waals surface area (Å²) in [5, 5.41) is 5.53. The smallest absolute Gasteiger partial charge is 0.414 e. The zero-order valence-electron chi connectivity index (χ0n) is 16.2. The fraction of sp³-hybridized carbons (Fsp3) is 0.526. The fourth-order valence-electron chi connectivity index (χ4n) is 2.96. The quantitative estimate of drug-likeness (QED) is 0.727. The van der Waals surface area contributed by atoms with Crippen LogP contribution in [0.5, 0.6) is 0 Å². The van der Waals surface area contributed by atoms with Crippen LogP contribution < -0.4 is 15.5 Å². The van der Waals surface area contributed by atoms with Crippen LogP contribution in [0.25, 0.3) is 0 Å². The first-order chi connectivity index (χ1) is 13.2. The largest absolute Gasteiger partial charge is 0.444 e. The predicted molar refractivity (Wildman–Crippen MR) is 107 cm³/mol. The number of hydrogen-bond acceptors (Lipinski definition) is 6. The summed E-state index contributed by atoms with van der Waals surface area (Å²) in [6.07, 6.45) is 0.205. The highest BCUT2D eigenvalue weighted by molar-refractivity contribution is 8.00. The molecule has 1 fully saturated rings. The Labute approximate surface area is 168 Å². The van der Waals surface area contributed by atoms with Crippen LogP contribution in [0.15, 0.2) is 23.1 Å². The highest BCUT2D eigenvalue weighted by Crippen LogP contribution is 2.35. The van der Waals surface area contributed by atoms with E-state index in [-0.39, 0.29) is 12.0 Å². The van der Waals surface area contributed by atoms with Gasteiger partial charge in [-0.15, -0.1) is 11.8 Å². The third-order valence-corrected chi connectivity index (χ3v) is 5.23. The summed E-state index contributed by atoms with van der Waals surface area (Å²) in [5.74, 6) is 0.353. The Morgan fingerprint density at radius 3 is 2.93 bits per heavy atom. The van der Waals surface area contributed by atoms with E-state index in [1.54, 1.807) is 11.0 Å². The van der Waals surface area contributed by atoms with Gasteiger partial charge in [0.25, 0.3) is 0 Å². The molecule has 28 heavy (non-hydrogen) atoms. The van der Waals surface area contributed by atoms with Crippen molar-refractivity contribution in [2.24, 2.45) is 0 Å². The van der Waals surface area contributed by atoms with E-state index in [1.807, 2.05) is 32.9 Å². The lowest BCUT2D eigenvalue weighted by Gasteiger charge is -2.20. The van der Waals surface area contributed by atoms with Gasteiger partial charge in [-0.25, -0.2) is 9.59 Å². The normalized spacial score (nSPS) is 19.0. The molecule has 3 amide bonds. The molecule has 2 heterocycles. The molecule has 1 saturated heterocycles. The number of carbonyl (C=O) groups is 3. The molecule has 1 atom stereocenters. The van der Waals surface area contributed by atoms with Crippen molar-refractivity contribution in [3.05, 3.63) is 18.2 Å². The first-order valence-corrected chi connectivity index (χ1v) is 10.2. The second-order valence-corrected chi connectivity index (χ2v) is 8.72. The lowest BCUT2D eigenvalue weighted by atomic mass is 10.2. The van der Waals surface area contributed by atoms with Crippen molar-refractivity contribution < 1.29 is 23.9 Å². The fourth-order valence-corrected chi connectivity index (χ4v) is 3.74. The van der Waals surface area contributed by atoms with Gasteiger partial charge in [-0.2, -0.15) is 0 Å². The number of thioether (sulfide) groups is 1. The van der Waals surface area contributed by atoms with Crippen molar-refractivity contribution in [3.63, 3.8) is 0 Å². The second-order valence-electron chi connectivity index (χ2n) is 7.70. The summed E-state index contributed by atoms with van der Waals surface area (Å²) >= 11 is 1.48. The Kier molecular flexibility index (Phi) is 6.02. The van der Waals surface area contributed by atoms with Gasteiger partial charge < -0.3 is 20.1 Å². The number of cyclic esters (lactones) is 1. The number of ether oxygens (including phenoxy) is 2. The van der Waals surface area contributed by atoms with Gasteiger partial charge in [0.05, 0.1) is 18.0 Å². The van der Waals surface area contributed by atoms with Crippen molar-refractivity contribution in [2.75, 3.05) is 29.1 Å². The van der Waals surface area contributed by atoms with Crippen LogP contribution in [0, 0.1) is 0 Å². The summed E-state index contributed by atoms with van der Waals surface area (Å²) in [6.45, 7) is 6.31. The number of fused-ring (bicyclic) bond motifs is 1. The van der Waals surface area contributed by atoms with Crippen molar-refractivity contribution >= 4 is 41.2 Å². The van der Waals surface area contributed by atoms with Crippen LogP contribution in [0.4, 0.5) is 21.0 Å². The van der Waals surface area contributed by atoms with Gasteiger partial charge >= 0.3 is 12.2 Å². The topological polar surface area (TPSA) is 97.0 Å². The average Bonchev–Trinajstić information content (AvgIpc) is 2.97. The zero-order chi connectivity index (χ0) is 20.3. The minimum absolute atomic E-state index is 0.0472. The lowest BCUT2D eigenvalue weighted by Crippen LogP contribution is -2.33. The van der Waals surface area contributed by atoms with E-state index in [9.17, 15) is 14.4 Å². The van der Waals surface area contributed by atoms with E-state index < -0.39 is 17.8 Å². The first kappa shape index (κ1) is 20.3. The number of nitrogens with zero attached hydrogens (tertiary/aromatic N) is 1. The molecular weight excluding hydrogens is 382 g/mol. The minimum atomic E-state index is -0.529. The molecule has 0 spiro atoms. The van der Waals surface area contributed by atoms with Gasteiger partial charge in [0.15, 0.2) is 0 Å². The van der Waals surface area contributed by atoms with Crippen LogP contribution in [0.3, 0.4) is 0 Å². The third-order valence-electron chi connectivity index (χ3n) is 4.15. The molecule has 3 rings (SSSR count). The number of carbonyl (C=O) groups excluding carboxylic acids is 3. The van der Waals surface area contributed by atoms with Crippen LogP contribution in [-0.4, -0.2) is 48.6 Å². The Hall–Kier alpha value is -2.42. The summed E-state index contributed by atoms with van der Waals surface area (Å²) < 4.78 is 10.6. The maximum atomic E-state index is 12.2. The molecule has 2 aliphatic heterocycles. The van der Waals surface area contributed by atoms with E-state index in [0.29, 0.717) is 37.4 Å². The van der Waals surface area contributed by atoms with E-state index in [1.165, 1.54) is 11.8 Å². The molecule has 2 N–H and O–H groups in total. The third kappa shape index (κ3) is 5.31. The number of benzene rings is 1. The molecule has 1 unspecified atom stereocenters. The Morgan fingerprint density at radius 1 is 1.39 bits per heavy atom. The molecule has 0 aliphatic carbocycles. The first-order valence-electron chi connectivity index (χ1n) is 9.23. The summed E-state index contributed by atoms with van der Waals surface area (Å²) in [7, 11) is 0. The molecule has 2 aliphatic rings. The van der Waals surface area contributed by atoms with E-state index >= 15 is 0 Å². The zero-order valence-corrected chi connectivity index (χ0v) is 17.1. The summed E-state index contributed by atoms with van der Waals surface area (Å²) in [5.41, 5.74) is 0.885. The molecule has 9 heteroatoms. The van der Waals surface area contributed by atoms with Crippen LogP contribution in [-0.2, 0) is 14.3 Å². The maximum absolute atomic E-state index is 12.2. The van der Waals surface area contributed by atoms with E-state index in [0.717, 1.165) is 10.6 Å². The van der Waals surface area contributed by atoms with E-state index in [4.69, 9.17) is 9.47 Å². The van der Waals surface area contributed by atoms with Gasteiger partial charge in [0.1, 0.15) is 11.7 Å². The monoisotopic (exact) mass is 407 g/mol. The summed E-state index contributed by atoms with van der Waals surface area (Å²) in [4.78, 5) is 38.0. The predicted octanol–water partition coefficient (Wildman–Crippen LogP) is 3.36. The standard InChI is InChI=1S/C19H25N3O5S/c1-19(2,3)27-17(24)20-8-4-5-13-10-22(18(25)26-13)12-6-7-15-14(9-12)21-16(23)11-28-15/h6-7,9,13H,4-5,8,10-11H2,1-3H3,(H,20,24)(H,21,23). The average molecular weight is 407 g/mol. The molecule has 0 saturated carbocycles. The molecule has 1 aromatic carbocycles. The Morgan fingerprint density at radius 2 is 2.18 bits per heavy atom. The second kappa shape index (κ2) is 8.30. The maximum Gasteiger partial charge on any atom is 0.414 e.